The molecule has 132 valence electrons. The van der Waals surface area contributed by atoms with Crippen LogP contribution in [0, 0.1) is 0 Å². The van der Waals surface area contributed by atoms with Crippen LogP contribution in [0.1, 0.15) is 43.2 Å². The molecule has 0 N–H and O–H groups in total. The van der Waals surface area contributed by atoms with Gasteiger partial charge in [0.2, 0.25) is 5.76 Å². The maximum absolute atomic E-state index is 12.3. The molecule has 0 bridgehead atoms. The molecule has 0 radical (unpaired) electrons. The lowest BCUT2D eigenvalue weighted by atomic mass is 10.00. The molecular formula is C19H21NO5. The van der Waals surface area contributed by atoms with Gasteiger partial charge in [-0.1, -0.05) is 19.1 Å². The van der Waals surface area contributed by atoms with Gasteiger partial charge in [-0.15, -0.1) is 0 Å². The van der Waals surface area contributed by atoms with Crippen LogP contribution in [0.4, 0.5) is 0 Å². The van der Waals surface area contributed by atoms with Gasteiger partial charge in [-0.3, -0.25) is 9.59 Å². The van der Waals surface area contributed by atoms with Gasteiger partial charge < -0.3 is 14.1 Å². The average molecular weight is 343 g/mol. The van der Waals surface area contributed by atoms with Crippen LogP contribution in [0.2, 0.25) is 0 Å². The van der Waals surface area contributed by atoms with Gasteiger partial charge >= 0.3 is 5.97 Å². The van der Waals surface area contributed by atoms with Crippen molar-refractivity contribution in [3.05, 3.63) is 46.3 Å². The predicted molar refractivity (Wildman–Crippen MR) is 92.4 cm³/mol. The number of likely N-dealkylation sites (tertiary alicyclic amines) is 1. The minimum absolute atomic E-state index is 0.192. The summed E-state index contributed by atoms with van der Waals surface area (Å²) in [4.78, 5) is 38.3. The summed E-state index contributed by atoms with van der Waals surface area (Å²) in [5.74, 6) is -1.20. The molecule has 3 rings (SSSR count). The molecule has 1 aromatic carbocycles. The fourth-order valence-electron chi connectivity index (χ4n) is 3.24. The highest BCUT2D eigenvalue weighted by Gasteiger charge is 2.26. The highest BCUT2D eigenvalue weighted by molar-refractivity contribution is 5.90. The van der Waals surface area contributed by atoms with Crippen LogP contribution in [0.15, 0.2) is 39.5 Å². The summed E-state index contributed by atoms with van der Waals surface area (Å²) in [5.41, 5.74) is -0.00226. The first-order valence-electron chi connectivity index (χ1n) is 8.59. The number of hydrogen-bond acceptors (Lipinski definition) is 5. The van der Waals surface area contributed by atoms with E-state index in [1.54, 1.807) is 29.2 Å². The van der Waals surface area contributed by atoms with Crippen molar-refractivity contribution in [3.63, 3.8) is 0 Å². The van der Waals surface area contributed by atoms with E-state index in [4.69, 9.17) is 9.15 Å². The molecule has 1 aromatic heterocycles. The normalized spacial score (nSPS) is 17.5. The number of amides is 1. The Kier molecular flexibility index (Phi) is 5.16. The number of carbonyl (C=O) groups excluding carboxylic acids is 2. The van der Waals surface area contributed by atoms with Crippen LogP contribution in [0.5, 0.6) is 0 Å². The zero-order valence-electron chi connectivity index (χ0n) is 14.2. The largest absolute Gasteiger partial charge is 0.450 e. The SMILES string of the molecule is CC[C@H]1CCCCN1C(=O)COC(=O)c1cc(=O)c2ccccc2o1. The van der Waals surface area contributed by atoms with Crippen molar-refractivity contribution in [3.8, 4) is 0 Å². The molecule has 1 aliphatic heterocycles. The Bertz CT molecular complexity index is 841. The lowest BCUT2D eigenvalue weighted by Crippen LogP contribution is -2.45. The second-order valence-corrected chi connectivity index (χ2v) is 6.19. The summed E-state index contributed by atoms with van der Waals surface area (Å²) in [5, 5.41) is 0.397. The number of fused-ring (bicyclic) bond motifs is 1. The highest BCUT2D eigenvalue weighted by Crippen LogP contribution is 2.19. The molecule has 1 saturated heterocycles. The molecule has 2 heterocycles. The molecule has 1 fully saturated rings. The predicted octanol–water partition coefficient (Wildman–Crippen LogP) is 2.74. The Morgan fingerprint density at radius 3 is 2.88 bits per heavy atom. The van der Waals surface area contributed by atoms with E-state index in [1.807, 2.05) is 6.92 Å². The number of hydrogen-bond donors (Lipinski definition) is 0. The van der Waals surface area contributed by atoms with Gasteiger partial charge in [0.1, 0.15) is 5.58 Å². The molecule has 0 spiro atoms. The summed E-state index contributed by atoms with van der Waals surface area (Å²) in [7, 11) is 0. The number of para-hydroxylation sites is 1. The smallest absolute Gasteiger partial charge is 0.374 e. The van der Waals surface area contributed by atoms with Crippen LogP contribution < -0.4 is 5.43 Å². The number of benzene rings is 1. The zero-order chi connectivity index (χ0) is 17.8. The Balaban J connectivity index is 1.68. The van der Waals surface area contributed by atoms with Crippen molar-refractivity contribution in [2.24, 2.45) is 0 Å². The van der Waals surface area contributed by atoms with Crippen LogP contribution in [0.25, 0.3) is 11.0 Å². The summed E-state index contributed by atoms with van der Waals surface area (Å²) >= 11 is 0. The van der Waals surface area contributed by atoms with Crippen molar-refractivity contribution >= 4 is 22.8 Å². The van der Waals surface area contributed by atoms with Crippen molar-refractivity contribution in [2.45, 2.75) is 38.6 Å². The summed E-state index contributed by atoms with van der Waals surface area (Å²) in [6.07, 6.45) is 3.95. The number of rotatable bonds is 4. The van der Waals surface area contributed by atoms with E-state index >= 15 is 0 Å². The van der Waals surface area contributed by atoms with E-state index in [9.17, 15) is 14.4 Å². The van der Waals surface area contributed by atoms with Crippen LogP contribution in [0.3, 0.4) is 0 Å². The standard InChI is InChI=1S/C19H21NO5/c1-2-13-7-5-6-10-20(13)18(22)12-24-19(23)17-11-15(21)14-8-3-4-9-16(14)25-17/h3-4,8-9,11,13H,2,5-7,10,12H2,1H3/t13-/m0/s1. The summed E-state index contributed by atoms with van der Waals surface area (Å²) in [6, 6.07) is 7.98. The molecule has 6 nitrogen and oxygen atoms in total. The average Bonchev–Trinajstić information content (AvgIpc) is 2.65. The molecule has 2 aromatic rings. The number of esters is 1. The van der Waals surface area contributed by atoms with E-state index in [-0.39, 0.29) is 29.7 Å². The van der Waals surface area contributed by atoms with Gasteiger partial charge in [-0.05, 0) is 37.8 Å². The van der Waals surface area contributed by atoms with Gasteiger partial charge in [0.15, 0.2) is 12.0 Å². The third-order valence-electron chi connectivity index (χ3n) is 4.58. The number of ether oxygens (including phenoxy) is 1. The van der Waals surface area contributed by atoms with Gasteiger partial charge in [0.05, 0.1) is 5.39 Å². The van der Waals surface area contributed by atoms with E-state index in [0.29, 0.717) is 17.5 Å². The number of piperidine rings is 1. The first kappa shape index (κ1) is 17.2. The fraction of sp³-hybridized carbons (Fsp3) is 0.421. The van der Waals surface area contributed by atoms with Gasteiger partial charge in [0, 0.05) is 18.7 Å². The van der Waals surface area contributed by atoms with E-state index in [0.717, 1.165) is 31.7 Å². The fourth-order valence-corrected chi connectivity index (χ4v) is 3.24. The second-order valence-electron chi connectivity index (χ2n) is 6.19. The quantitative estimate of drug-likeness (QED) is 0.798. The van der Waals surface area contributed by atoms with E-state index in [1.165, 1.54) is 0 Å². The molecule has 1 atom stereocenters. The Morgan fingerprint density at radius 2 is 2.08 bits per heavy atom. The molecule has 25 heavy (non-hydrogen) atoms. The Hall–Kier alpha value is -2.63. The topological polar surface area (TPSA) is 76.8 Å². The number of carbonyl (C=O) groups is 2. The maximum atomic E-state index is 12.3. The van der Waals surface area contributed by atoms with E-state index in [2.05, 4.69) is 0 Å². The lowest BCUT2D eigenvalue weighted by molar-refractivity contribution is -0.138. The molecule has 1 aliphatic rings. The van der Waals surface area contributed by atoms with Gasteiger partial charge in [0.25, 0.3) is 5.91 Å². The Morgan fingerprint density at radius 1 is 1.28 bits per heavy atom. The molecule has 0 aliphatic carbocycles. The van der Waals surface area contributed by atoms with Crippen molar-refractivity contribution in [1.82, 2.24) is 4.90 Å². The summed E-state index contributed by atoms with van der Waals surface area (Å²) < 4.78 is 10.5. The lowest BCUT2D eigenvalue weighted by Gasteiger charge is -2.35. The minimum atomic E-state index is -0.804. The van der Waals surface area contributed by atoms with Crippen molar-refractivity contribution in [1.29, 1.82) is 0 Å². The first-order valence-corrected chi connectivity index (χ1v) is 8.59. The Labute approximate surface area is 145 Å². The first-order chi connectivity index (χ1) is 12.1. The maximum Gasteiger partial charge on any atom is 0.374 e. The van der Waals surface area contributed by atoms with Crippen LogP contribution in [-0.4, -0.2) is 36.0 Å². The second kappa shape index (κ2) is 7.51. The molecule has 0 unspecified atom stereocenters. The minimum Gasteiger partial charge on any atom is -0.450 e. The van der Waals surface area contributed by atoms with Gasteiger partial charge in [-0.2, -0.15) is 0 Å². The van der Waals surface area contributed by atoms with Crippen LogP contribution in [-0.2, 0) is 9.53 Å². The van der Waals surface area contributed by atoms with Crippen LogP contribution >= 0.6 is 0 Å². The molecule has 0 saturated carbocycles. The summed E-state index contributed by atoms with van der Waals surface area (Å²) in [6.45, 7) is 2.40. The zero-order valence-corrected chi connectivity index (χ0v) is 14.2. The van der Waals surface area contributed by atoms with Crippen molar-refractivity contribution < 1.29 is 18.7 Å². The highest BCUT2D eigenvalue weighted by atomic mass is 16.5. The molecule has 6 heteroatoms. The third kappa shape index (κ3) is 3.73. The van der Waals surface area contributed by atoms with Gasteiger partial charge in [-0.25, -0.2) is 4.79 Å². The third-order valence-corrected chi connectivity index (χ3v) is 4.58. The number of nitrogens with zero attached hydrogens (tertiary/aromatic N) is 1. The van der Waals surface area contributed by atoms with E-state index < -0.39 is 5.97 Å². The molecule has 1 amide bonds. The van der Waals surface area contributed by atoms with Crippen molar-refractivity contribution in [2.75, 3.05) is 13.2 Å². The monoisotopic (exact) mass is 343 g/mol. The molecular weight excluding hydrogens is 322 g/mol.